The molecule has 0 saturated carbocycles. The van der Waals surface area contributed by atoms with Gasteiger partial charge in [-0.2, -0.15) is 4.98 Å². The largest absolute Gasteiger partial charge is 0.444 e. The molecule has 0 bridgehead atoms. The van der Waals surface area contributed by atoms with E-state index in [-0.39, 0.29) is 6.61 Å². The van der Waals surface area contributed by atoms with Gasteiger partial charge in [0.25, 0.3) is 5.71 Å². The normalized spacial score (nSPS) is 11.0. The van der Waals surface area contributed by atoms with E-state index < -0.39 is 0 Å². The van der Waals surface area contributed by atoms with Crippen molar-refractivity contribution in [2.45, 2.75) is 6.42 Å². The first-order valence-electron chi connectivity index (χ1n) is 3.34. The summed E-state index contributed by atoms with van der Waals surface area (Å²) in [7, 11) is 0. The van der Waals surface area contributed by atoms with Crippen LogP contribution in [0, 0.1) is 0 Å². The molecule has 0 aliphatic heterocycles. The summed E-state index contributed by atoms with van der Waals surface area (Å²) in [5.74, 6) is 0.516. The number of rotatable bonds is 2. The fourth-order valence-electron chi connectivity index (χ4n) is 0.914. The molecule has 0 radical (unpaired) electrons. The summed E-state index contributed by atoms with van der Waals surface area (Å²) >= 11 is 0. The zero-order chi connectivity index (χ0) is 7.68. The Morgan fingerprint density at radius 2 is 2.45 bits per heavy atom. The van der Waals surface area contributed by atoms with Crippen LogP contribution in [0.2, 0.25) is 0 Å². The molecule has 0 aromatic carbocycles. The van der Waals surface area contributed by atoms with Crippen LogP contribution < -0.4 is 0 Å². The van der Waals surface area contributed by atoms with Crippen LogP contribution in [-0.4, -0.2) is 16.7 Å². The lowest BCUT2D eigenvalue weighted by Gasteiger charge is -1.84. The number of furan rings is 1. The summed E-state index contributed by atoms with van der Waals surface area (Å²) in [5.41, 5.74) is 1.13. The van der Waals surface area contributed by atoms with Crippen molar-refractivity contribution < 1.29 is 13.9 Å². The molecule has 0 unspecified atom stereocenters. The monoisotopic (exact) mass is 153 g/mol. The molecule has 0 atom stereocenters. The molecule has 0 aliphatic rings. The number of oxazole rings is 1. The number of aliphatic hydroxyl groups excluding tert-OH is 1. The first kappa shape index (κ1) is 6.42. The molecule has 4 nitrogen and oxygen atoms in total. The van der Waals surface area contributed by atoms with Gasteiger partial charge >= 0.3 is 0 Å². The molecule has 2 heterocycles. The number of aliphatic hydroxyl groups is 1. The van der Waals surface area contributed by atoms with E-state index in [1.807, 2.05) is 0 Å². The molecular formula is C7H7NO3. The van der Waals surface area contributed by atoms with Crippen LogP contribution in [-0.2, 0) is 6.42 Å². The van der Waals surface area contributed by atoms with Gasteiger partial charge in [-0.05, 0) is 0 Å². The average Bonchev–Trinajstić information content (AvgIpc) is 2.46. The fourth-order valence-corrected chi connectivity index (χ4v) is 0.914. The van der Waals surface area contributed by atoms with Gasteiger partial charge in [-0.3, -0.25) is 0 Å². The molecule has 2 aromatic rings. The summed E-state index contributed by atoms with van der Waals surface area (Å²) < 4.78 is 10.1. The van der Waals surface area contributed by atoms with E-state index in [9.17, 15) is 0 Å². The Labute approximate surface area is 62.4 Å². The molecule has 11 heavy (non-hydrogen) atoms. The van der Waals surface area contributed by atoms with E-state index in [0.29, 0.717) is 23.6 Å². The molecule has 0 fully saturated rings. The van der Waals surface area contributed by atoms with Crippen LogP contribution in [0.15, 0.2) is 21.2 Å². The zero-order valence-electron chi connectivity index (χ0n) is 5.78. The predicted octanol–water partition coefficient (Wildman–Crippen LogP) is 0.956. The van der Waals surface area contributed by atoms with Crippen molar-refractivity contribution in [3.8, 4) is 0 Å². The van der Waals surface area contributed by atoms with E-state index in [2.05, 4.69) is 4.98 Å². The Morgan fingerprint density at radius 1 is 1.55 bits per heavy atom. The molecule has 2 aromatic heterocycles. The molecular weight excluding hydrogens is 146 g/mol. The maximum Gasteiger partial charge on any atom is 0.265 e. The zero-order valence-corrected chi connectivity index (χ0v) is 5.78. The quantitative estimate of drug-likeness (QED) is 0.697. The third-order valence-electron chi connectivity index (χ3n) is 1.39. The molecule has 0 aliphatic carbocycles. The van der Waals surface area contributed by atoms with Gasteiger partial charge in [-0.25, -0.2) is 0 Å². The standard InChI is InChI=1S/C7H7NO3/c9-3-1-6-8-7-5(11-6)2-4-10-7/h2,4,9H,1,3H2. The van der Waals surface area contributed by atoms with E-state index in [1.165, 1.54) is 6.26 Å². The third-order valence-corrected chi connectivity index (χ3v) is 1.39. The van der Waals surface area contributed by atoms with Crippen molar-refractivity contribution in [3.05, 3.63) is 18.2 Å². The molecule has 2 rings (SSSR count). The molecule has 0 saturated heterocycles. The molecule has 0 amide bonds. The minimum absolute atomic E-state index is 0.0447. The van der Waals surface area contributed by atoms with Crippen molar-refractivity contribution in [2.24, 2.45) is 0 Å². The van der Waals surface area contributed by atoms with E-state index >= 15 is 0 Å². The van der Waals surface area contributed by atoms with Crippen LogP contribution >= 0.6 is 0 Å². The van der Waals surface area contributed by atoms with Crippen LogP contribution in [0.4, 0.5) is 0 Å². The molecule has 58 valence electrons. The number of nitrogens with zero attached hydrogens (tertiary/aromatic N) is 1. The maximum absolute atomic E-state index is 8.55. The number of hydrogen-bond donors (Lipinski definition) is 1. The third kappa shape index (κ3) is 1.01. The van der Waals surface area contributed by atoms with E-state index in [4.69, 9.17) is 13.9 Å². The Kier molecular flexibility index (Phi) is 1.40. The molecule has 4 heteroatoms. The van der Waals surface area contributed by atoms with Crippen LogP contribution in [0.5, 0.6) is 0 Å². The minimum Gasteiger partial charge on any atom is -0.444 e. The summed E-state index contributed by atoms with van der Waals surface area (Å²) in [6.07, 6.45) is 1.95. The van der Waals surface area contributed by atoms with Gasteiger partial charge in [0.1, 0.15) is 0 Å². The van der Waals surface area contributed by atoms with Crippen LogP contribution in [0.1, 0.15) is 5.89 Å². The Bertz CT molecular complexity index is 321. The summed E-state index contributed by atoms with van der Waals surface area (Å²) in [4.78, 5) is 3.97. The second-order valence-corrected chi connectivity index (χ2v) is 2.17. The highest BCUT2D eigenvalue weighted by atomic mass is 16.4. The highest BCUT2D eigenvalue weighted by Gasteiger charge is 2.06. The lowest BCUT2D eigenvalue weighted by molar-refractivity contribution is 0.286. The lowest BCUT2D eigenvalue weighted by Crippen LogP contribution is -1.89. The van der Waals surface area contributed by atoms with Gasteiger partial charge in [0.2, 0.25) is 5.89 Å². The van der Waals surface area contributed by atoms with Crippen molar-refractivity contribution in [2.75, 3.05) is 6.61 Å². The van der Waals surface area contributed by atoms with Gasteiger partial charge in [-0.1, -0.05) is 0 Å². The summed E-state index contributed by atoms with van der Waals surface area (Å²) in [6.45, 7) is 0.0447. The van der Waals surface area contributed by atoms with Gasteiger partial charge in [-0.15, -0.1) is 0 Å². The second kappa shape index (κ2) is 2.39. The smallest absolute Gasteiger partial charge is 0.265 e. The van der Waals surface area contributed by atoms with Crippen molar-refractivity contribution >= 4 is 11.3 Å². The van der Waals surface area contributed by atoms with E-state index in [0.717, 1.165) is 0 Å². The number of hydrogen-bond acceptors (Lipinski definition) is 4. The molecule has 1 N–H and O–H groups in total. The maximum atomic E-state index is 8.55. The van der Waals surface area contributed by atoms with Gasteiger partial charge < -0.3 is 13.9 Å². The number of fused-ring (bicyclic) bond motifs is 1. The first-order chi connectivity index (χ1) is 5.40. The van der Waals surface area contributed by atoms with E-state index in [1.54, 1.807) is 6.07 Å². The second-order valence-electron chi connectivity index (χ2n) is 2.17. The summed E-state index contributed by atoms with van der Waals surface area (Å²) in [6, 6.07) is 1.70. The highest BCUT2D eigenvalue weighted by Crippen LogP contribution is 2.15. The Hall–Kier alpha value is -1.29. The fraction of sp³-hybridized carbons (Fsp3) is 0.286. The van der Waals surface area contributed by atoms with Crippen LogP contribution in [0.25, 0.3) is 11.3 Å². The van der Waals surface area contributed by atoms with Gasteiger partial charge in [0, 0.05) is 12.5 Å². The van der Waals surface area contributed by atoms with Gasteiger partial charge in [0.15, 0.2) is 5.58 Å². The molecule has 0 spiro atoms. The van der Waals surface area contributed by atoms with Crippen molar-refractivity contribution in [3.63, 3.8) is 0 Å². The Morgan fingerprint density at radius 3 is 3.18 bits per heavy atom. The average molecular weight is 153 g/mol. The van der Waals surface area contributed by atoms with Gasteiger partial charge in [0.05, 0.1) is 12.9 Å². The summed E-state index contributed by atoms with van der Waals surface area (Å²) in [5, 5.41) is 8.55. The predicted molar refractivity (Wildman–Crippen MR) is 37.1 cm³/mol. The minimum atomic E-state index is 0.0447. The lowest BCUT2D eigenvalue weighted by atomic mass is 10.5. The SMILES string of the molecule is OCCc1nc2occc2o1. The highest BCUT2D eigenvalue weighted by molar-refractivity contribution is 5.65. The number of aromatic nitrogens is 1. The van der Waals surface area contributed by atoms with Crippen molar-refractivity contribution in [1.82, 2.24) is 4.98 Å². The first-order valence-corrected chi connectivity index (χ1v) is 3.34. The Balaban J connectivity index is 2.42. The topological polar surface area (TPSA) is 59.4 Å². The van der Waals surface area contributed by atoms with Crippen LogP contribution in [0.3, 0.4) is 0 Å². The van der Waals surface area contributed by atoms with Crippen molar-refractivity contribution in [1.29, 1.82) is 0 Å².